The summed E-state index contributed by atoms with van der Waals surface area (Å²) in [5, 5.41) is 7.63. The summed E-state index contributed by atoms with van der Waals surface area (Å²) >= 11 is 0. The number of nitrogens with two attached hydrogens (primary N) is 1. The van der Waals surface area contributed by atoms with Crippen molar-refractivity contribution in [2.45, 2.75) is 26.1 Å². The molecular formula is C9H14N6. The first-order valence-electron chi connectivity index (χ1n) is 4.87. The maximum absolute atomic E-state index is 5.81. The predicted molar refractivity (Wildman–Crippen MR) is 54.9 cm³/mol. The first-order chi connectivity index (χ1) is 7.27. The van der Waals surface area contributed by atoms with Crippen LogP contribution in [0.2, 0.25) is 0 Å². The van der Waals surface area contributed by atoms with Crippen molar-refractivity contribution in [2.24, 2.45) is 5.73 Å². The van der Waals surface area contributed by atoms with Crippen LogP contribution < -0.4 is 5.73 Å². The number of nitrogens with zero attached hydrogens (tertiary/aromatic N) is 5. The Kier molecular flexibility index (Phi) is 2.77. The molecule has 0 saturated heterocycles. The molecular weight excluding hydrogens is 192 g/mol. The second-order valence-electron chi connectivity index (χ2n) is 3.47. The van der Waals surface area contributed by atoms with Gasteiger partial charge in [-0.15, -0.1) is 5.10 Å². The molecule has 1 atom stereocenters. The minimum atomic E-state index is 0.00301. The van der Waals surface area contributed by atoms with Gasteiger partial charge in [-0.2, -0.15) is 0 Å². The van der Waals surface area contributed by atoms with Crippen molar-refractivity contribution in [2.75, 3.05) is 0 Å². The summed E-state index contributed by atoms with van der Waals surface area (Å²) in [6, 6.07) is 0.00301. The zero-order valence-electron chi connectivity index (χ0n) is 8.61. The third-order valence-corrected chi connectivity index (χ3v) is 2.25. The maximum Gasteiger partial charge on any atom is 0.0949 e. The smallest absolute Gasteiger partial charge is 0.0949 e. The molecule has 2 heterocycles. The van der Waals surface area contributed by atoms with E-state index in [9.17, 15) is 0 Å². The van der Waals surface area contributed by atoms with Crippen molar-refractivity contribution in [3.05, 3.63) is 30.6 Å². The van der Waals surface area contributed by atoms with Crippen LogP contribution in [-0.4, -0.2) is 24.5 Å². The number of rotatable bonds is 4. The minimum Gasteiger partial charge on any atom is -0.331 e. The topological polar surface area (TPSA) is 74.5 Å². The molecule has 0 radical (unpaired) electrons. The molecule has 0 bridgehead atoms. The molecule has 2 N–H and O–H groups in total. The summed E-state index contributed by atoms with van der Waals surface area (Å²) in [6.45, 7) is 3.53. The van der Waals surface area contributed by atoms with Gasteiger partial charge in [0.15, 0.2) is 0 Å². The van der Waals surface area contributed by atoms with Crippen LogP contribution in [0.5, 0.6) is 0 Å². The lowest BCUT2D eigenvalue weighted by molar-refractivity contribution is 0.502. The van der Waals surface area contributed by atoms with Gasteiger partial charge in [0.05, 0.1) is 24.8 Å². The summed E-state index contributed by atoms with van der Waals surface area (Å²) < 4.78 is 3.82. The Morgan fingerprint density at radius 2 is 2.33 bits per heavy atom. The van der Waals surface area contributed by atoms with Crippen LogP contribution in [0.15, 0.2) is 24.9 Å². The Balaban J connectivity index is 2.02. The van der Waals surface area contributed by atoms with Crippen molar-refractivity contribution >= 4 is 0 Å². The van der Waals surface area contributed by atoms with Gasteiger partial charge in [-0.05, 0) is 6.92 Å². The zero-order valence-corrected chi connectivity index (χ0v) is 8.61. The fourth-order valence-corrected chi connectivity index (χ4v) is 1.46. The van der Waals surface area contributed by atoms with Gasteiger partial charge >= 0.3 is 0 Å². The average molecular weight is 206 g/mol. The standard InChI is InChI=1S/C9H14N6/c1-8(10)9-6-11-7-14(9)4-5-15-3-2-12-13-15/h2-3,6-8H,4-5,10H2,1H3/t8-/m0/s1. The fraction of sp³-hybridized carbons (Fsp3) is 0.444. The van der Waals surface area contributed by atoms with E-state index in [2.05, 4.69) is 15.3 Å². The van der Waals surface area contributed by atoms with Crippen LogP contribution in [0.3, 0.4) is 0 Å². The molecule has 6 nitrogen and oxygen atoms in total. The lowest BCUT2D eigenvalue weighted by atomic mass is 10.3. The molecule has 0 aliphatic heterocycles. The number of aryl methyl sites for hydroxylation is 2. The van der Waals surface area contributed by atoms with Crippen molar-refractivity contribution in [3.63, 3.8) is 0 Å². The molecule has 6 heteroatoms. The molecule has 0 spiro atoms. The molecule has 0 aliphatic carbocycles. The molecule has 0 aromatic carbocycles. The van der Waals surface area contributed by atoms with E-state index in [1.807, 2.05) is 17.7 Å². The second kappa shape index (κ2) is 4.22. The largest absolute Gasteiger partial charge is 0.331 e. The highest BCUT2D eigenvalue weighted by Crippen LogP contribution is 2.08. The van der Waals surface area contributed by atoms with E-state index < -0.39 is 0 Å². The van der Waals surface area contributed by atoms with Gasteiger partial charge in [0.1, 0.15) is 0 Å². The lowest BCUT2D eigenvalue weighted by Gasteiger charge is -2.10. The first-order valence-corrected chi connectivity index (χ1v) is 4.87. The van der Waals surface area contributed by atoms with E-state index in [-0.39, 0.29) is 6.04 Å². The SMILES string of the molecule is C[C@H](N)c1cncn1CCn1ccnn1. The van der Waals surface area contributed by atoms with Crippen LogP contribution in [0.25, 0.3) is 0 Å². The highest BCUT2D eigenvalue weighted by atomic mass is 15.4. The maximum atomic E-state index is 5.81. The van der Waals surface area contributed by atoms with Crippen molar-refractivity contribution in [1.82, 2.24) is 24.5 Å². The monoisotopic (exact) mass is 206 g/mol. The van der Waals surface area contributed by atoms with Crippen molar-refractivity contribution in [3.8, 4) is 0 Å². The van der Waals surface area contributed by atoms with Crippen LogP contribution >= 0.6 is 0 Å². The molecule has 80 valence electrons. The Hall–Kier alpha value is -1.69. The van der Waals surface area contributed by atoms with Crippen LogP contribution in [0.1, 0.15) is 18.7 Å². The van der Waals surface area contributed by atoms with E-state index in [0.717, 1.165) is 18.8 Å². The Labute approximate surface area is 87.7 Å². The predicted octanol–water partition coefficient (Wildman–Crippen LogP) is 0.194. The molecule has 15 heavy (non-hydrogen) atoms. The number of hydrogen-bond acceptors (Lipinski definition) is 4. The van der Waals surface area contributed by atoms with E-state index in [1.54, 1.807) is 23.4 Å². The van der Waals surface area contributed by atoms with Gasteiger partial charge in [-0.1, -0.05) is 5.21 Å². The molecule has 0 unspecified atom stereocenters. The quantitative estimate of drug-likeness (QED) is 0.775. The van der Waals surface area contributed by atoms with Gasteiger partial charge in [0.2, 0.25) is 0 Å². The van der Waals surface area contributed by atoms with Gasteiger partial charge in [-0.3, -0.25) is 4.68 Å². The Morgan fingerprint density at radius 3 is 3.00 bits per heavy atom. The summed E-state index contributed by atoms with van der Waals surface area (Å²) in [4.78, 5) is 4.08. The lowest BCUT2D eigenvalue weighted by Crippen LogP contribution is -2.14. The van der Waals surface area contributed by atoms with Gasteiger partial charge < -0.3 is 10.3 Å². The number of aromatic nitrogens is 5. The molecule has 2 aromatic heterocycles. The van der Waals surface area contributed by atoms with Crippen molar-refractivity contribution < 1.29 is 0 Å². The van der Waals surface area contributed by atoms with Gasteiger partial charge in [-0.25, -0.2) is 4.98 Å². The average Bonchev–Trinajstić information content (AvgIpc) is 2.86. The number of hydrogen-bond donors (Lipinski definition) is 1. The van der Waals surface area contributed by atoms with E-state index >= 15 is 0 Å². The number of imidazole rings is 1. The van der Waals surface area contributed by atoms with Crippen LogP contribution in [0, 0.1) is 0 Å². The third-order valence-electron chi connectivity index (χ3n) is 2.25. The summed E-state index contributed by atoms with van der Waals surface area (Å²) in [5.41, 5.74) is 6.85. The highest BCUT2D eigenvalue weighted by Gasteiger charge is 2.06. The zero-order chi connectivity index (χ0) is 10.7. The fourth-order valence-electron chi connectivity index (χ4n) is 1.46. The van der Waals surface area contributed by atoms with Crippen molar-refractivity contribution in [1.29, 1.82) is 0 Å². The highest BCUT2D eigenvalue weighted by molar-refractivity contribution is 5.02. The first kappa shape index (κ1) is 9.85. The summed E-state index contributed by atoms with van der Waals surface area (Å²) in [6.07, 6.45) is 7.09. The Morgan fingerprint density at radius 1 is 1.47 bits per heavy atom. The van der Waals surface area contributed by atoms with Crippen LogP contribution in [0.4, 0.5) is 0 Å². The minimum absolute atomic E-state index is 0.00301. The molecule has 0 saturated carbocycles. The third kappa shape index (κ3) is 2.21. The summed E-state index contributed by atoms with van der Waals surface area (Å²) in [7, 11) is 0. The molecule has 2 aromatic rings. The molecule has 0 fully saturated rings. The Bertz CT molecular complexity index is 402. The van der Waals surface area contributed by atoms with E-state index in [0.29, 0.717) is 0 Å². The molecule has 2 rings (SSSR count). The van der Waals surface area contributed by atoms with E-state index in [1.165, 1.54) is 0 Å². The van der Waals surface area contributed by atoms with Crippen LogP contribution in [-0.2, 0) is 13.1 Å². The second-order valence-corrected chi connectivity index (χ2v) is 3.47. The normalized spacial score (nSPS) is 12.9. The van der Waals surface area contributed by atoms with E-state index in [4.69, 9.17) is 5.73 Å². The molecule has 0 aliphatic rings. The molecule has 0 amide bonds. The van der Waals surface area contributed by atoms with Gasteiger partial charge in [0, 0.05) is 25.0 Å². The van der Waals surface area contributed by atoms with Gasteiger partial charge in [0.25, 0.3) is 0 Å². The summed E-state index contributed by atoms with van der Waals surface area (Å²) in [5.74, 6) is 0.